The van der Waals surface area contributed by atoms with Crippen molar-refractivity contribution in [2.45, 2.75) is 52.0 Å². The third-order valence-electron chi connectivity index (χ3n) is 5.97. The first-order valence-corrected chi connectivity index (χ1v) is 11.1. The van der Waals surface area contributed by atoms with Gasteiger partial charge in [-0.1, -0.05) is 25.3 Å². The monoisotopic (exact) mass is 435 g/mol. The molecular formula is C26H29NO5. The summed E-state index contributed by atoms with van der Waals surface area (Å²) in [7, 11) is 1.59. The van der Waals surface area contributed by atoms with E-state index in [1.165, 1.54) is 6.42 Å². The van der Waals surface area contributed by atoms with E-state index in [0.717, 1.165) is 36.8 Å². The van der Waals surface area contributed by atoms with Crippen LogP contribution in [-0.2, 0) is 4.79 Å². The molecule has 1 heterocycles. The van der Waals surface area contributed by atoms with Crippen molar-refractivity contribution in [1.82, 2.24) is 5.32 Å². The average Bonchev–Trinajstić information content (AvgIpc) is 2.78. The molecule has 0 aliphatic heterocycles. The molecule has 3 aromatic rings. The minimum Gasteiger partial charge on any atom is -0.497 e. The Kier molecular flexibility index (Phi) is 6.49. The lowest BCUT2D eigenvalue weighted by atomic mass is 9.95. The van der Waals surface area contributed by atoms with Gasteiger partial charge in [0.05, 0.1) is 12.5 Å². The third kappa shape index (κ3) is 4.64. The second kappa shape index (κ2) is 9.47. The highest BCUT2D eigenvalue weighted by Gasteiger charge is 2.21. The minimum absolute atomic E-state index is 0.0495. The number of methoxy groups -OCH3 is 1. The number of benzene rings is 2. The number of hydrogen-bond donors (Lipinski definition) is 1. The lowest BCUT2D eigenvalue weighted by Crippen LogP contribution is -2.39. The number of nitrogens with one attached hydrogen (secondary N) is 1. The van der Waals surface area contributed by atoms with E-state index in [-0.39, 0.29) is 29.7 Å². The molecule has 6 heteroatoms. The molecule has 0 unspecified atom stereocenters. The van der Waals surface area contributed by atoms with E-state index < -0.39 is 0 Å². The molecule has 168 valence electrons. The van der Waals surface area contributed by atoms with Crippen LogP contribution in [0, 0.1) is 13.8 Å². The second-order valence-corrected chi connectivity index (χ2v) is 8.46. The summed E-state index contributed by atoms with van der Waals surface area (Å²) in [5.74, 6) is 0.824. The van der Waals surface area contributed by atoms with E-state index in [4.69, 9.17) is 13.9 Å². The Hall–Kier alpha value is -3.28. The zero-order valence-corrected chi connectivity index (χ0v) is 18.8. The van der Waals surface area contributed by atoms with Crippen LogP contribution in [0.3, 0.4) is 0 Å². The molecule has 1 fully saturated rings. The fourth-order valence-corrected chi connectivity index (χ4v) is 4.39. The van der Waals surface area contributed by atoms with Crippen LogP contribution in [0.1, 0.15) is 43.2 Å². The predicted octanol–water partition coefficient (Wildman–Crippen LogP) is 4.91. The zero-order valence-electron chi connectivity index (χ0n) is 18.8. The van der Waals surface area contributed by atoms with Crippen LogP contribution in [0.2, 0.25) is 0 Å². The Labute approximate surface area is 187 Å². The number of rotatable bonds is 6. The molecule has 0 bridgehead atoms. The highest BCUT2D eigenvalue weighted by atomic mass is 16.5. The summed E-state index contributed by atoms with van der Waals surface area (Å²) in [6.07, 6.45) is 5.44. The van der Waals surface area contributed by atoms with Gasteiger partial charge < -0.3 is 19.2 Å². The van der Waals surface area contributed by atoms with Crippen molar-refractivity contribution in [3.8, 4) is 22.8 Å². The van der Waals surface area contributed by atoms with E-state index >= 15 is 0 Å². The van der Waals surface area contributed by atoms with E-state index in [2.05, 4.69) is 5.32 Å². The summed E-state index contributed by atoms with van der Waals surface area (Å²) in [5, 5.41) is 3.49. The molecule has 1 aromatic heterocycles. The average molecular weight is 436 g/mol. The maximum Gasteiger partial charge on any atom is 0.258 e. The molecular weight excluding hydrogens is 406 g/mol. The van der Waals surface area contributed by atoms with E-state index in [9.17, 15) is 9.59 Å². The van der Waals surface area contributed by atoms with E-state index in [0.29, 0.717) is 28.0 Å². The molecule has 4 rings (SSSR count). The molecule has 0 spiro atoms. The van der Waals surface area contributed by atoms with Crippen molar-refractivity contribution in [2.75, 3.05) is 13.7 Å². The standard InChI is InChI=1S/C26H29NO5/c1-16-13-17(2)23-21(14-16)32-25(18-9-11-20(30-3)12-10-18)26(24(23)29)31-15-22(28)27-19-7-5-4-6-8-19/h9-14,19H,4-8,15H2,1-3H3,(H,27,28). The fraction of sp³-hybridized carbons (Fsp3) is 0.385. The van der Waals surface area contributed by atoms with Gasteiger partial charge in [0.15, 0.2) is 12.4 Å². The molecule has 1 aliphatic carbocycles. The van der Waals surface area contributed by atoms with Gasteiger partial charge in [-0.2, -0.15) is 0 Å². The lowest BCUT2D eigenvalue weighted by Gasteiger charge is -2.22. The van der Waals surface area contributed by atoms with Crippen LogP contribution >= 0.6 is 0 Å². The summed E-state index contributed by atoms with van der Waals surface area (Å²) in [4.78, 5) is 26.0. The van der Waals surface area contributed by atoms with Gasteiger partial charge >= 0.3 is 0 Å². The lowest BCUT2D eigenvalue weighted by molar-refractivity contribution is -0.124. The fourth-order valence-electron chi connectivity index (χ4n) is 4.39. The molecule has 6 nitrogen and oxygen atoms in total. The van der Waals surface area contributed by atoms with Gasteiger partial charge in [0.25, 0.3) is 5.91 Å². The Morgan fingerprint density at radius 1 is 1.09 bits per heavy atom. The summed E-state index contributed by atoms with van der Waals surface area (Å²) in [5.41, 5.74) is 2.70. The SMILES string of the molecule is COc1ccc(-c2oc3cc(C)cc(C)c3c(=O)c2OCC(=O)NC2CCCCC2)cc1. The number of ether oxygens (including phenoxy) is 2. The van der Waals surface area contributed by atoms with Crippen LogP contribution in [0.4, 0.5) is 0 Å². The quantitative estimate of drug-likeness (QED) is 0.595. The Morgan fingerprint density at radius 2 is 1.81 bits per heavy atom. The first-order chi connectivity index (χ1) is 15.5. The first kappa shape index (κ1) is 21.9. The van der Waals surface area contributed by atoms with Crippen LogP contribution < -0.4 is 20.2 Å². The second-order valence-electron chi connectivity index (χ2n) is 8.46. The Morgan fingerprint density at radius 3 is 2.50 bits per heavy atom. The van der Waals surface area contributed by atoms with Gasteiger partial charge in [0.1, 0.15) is 11.3 Å². The van der Waals surface area contributed by atoms with Gasteiger partial charge in [-0.05, 0) is 68.1 Å². The van der Waals surface area contributed by atoms with Crippen molar-refractivity contribution in [2.24, 2.45) is 0 Å². The molecule has 2 aromatic carbocycles. The van der Waals surface area contributed by atoms with Crippen LogP contribution in [0.25, 0.3) is 22.3 Å². The van der Waals surface area contributed by atoms with Crippen molar-refractivity contribution in [1.29, 1.82) is 0 Å². The minimum atomic E-state index is -0.278. The molecule has 1 amide bonds. The Bertz CT molecular complexity index is 1170. The maximum atomic E-state index is 13.4. The number of carbonyl (C=O) groups is 1. The molecule has 1 saturated carbocycles. The molecule has 1 aliphatic rings. The van der Waals surface area contributed by atoms with Gasteiger partial charge in [0, 0.05) is 11.6 Å². The van der Waals surface area contributed by atoms with Crippen molar-refractivity contribution < 1.29 is 18.7 Å². The van der Waals surface area contributed by atoms with Crippen LogP contribution in [0.15, 0.2) is 45.6 Å². The van der Waals surface area contributed by atoms with Gasteiger partial charge in [0.2, 0.25) is 11.2 Å². The maximum absolute atomic E-state index is 13.4. The van der Waals surface area contributed by atoms with Gasteiger partial charge in [-0.3, -0.25) is 9.59 Å². The highest BCUT2D eigenvalue weighted by Crippen LogP contribution is 2.33. The normalized spacial score (nSPS) is 14.3. The van der Waals surface area contributed by atoms with Crippen LogP contribution in [-0.4, -0.2) is 25.7 Å². The number of carbonyl (C=O) groups excluding carboxylic acids is 1. The highest BCUT2D eigenvalue weighted by molar-refractivity contribution is 5.86. The molecule has 0 radical (unpaired) electrons. The van der Waals surface area contributed by atoms with Crippen molar-refractivity contribution >= 4 is 16.9 Å². The van der Waals surface area contributed by atoms with Gasteiger partial charge in [-0.25, -0.2) is 0 Å². The van der Waals surface area contributed by atoms with E-state index in [1.54, 1.807) is 31.4 Å². The number of amides is 1. The number of aryl methyl sites for hydroxylation is 2. The van der Waals surface area contributed by atoms with Crippen molar-refractivity contribution in [3.05, 3.63) is 57.7 Å². The topological polar surface area (TPSA) is 77.8 Å². The van der Waals surface area contributed by atoms with Crippen molar-refractivity contribution in [3.63, 3.8) is 0 Å². The molecule has 1 N–H and O–H groups in total. The first-order valence-electron chi connectivity index (χ1n) is 11.1. The van der Waals surface area contributed by atoms with Gasteiger partial charge in [-0.15, -0.1) is 0 Å². The van der Waals surface area contributed by atoms with E-state index in [1.807, 2.05) is 26.0 Å². The Balaban J connectivity index is 1.70. The summed E-state index contributed by atoms with van der Waals surface area (Å²) in [6.45, 7) is 3.60. The third-order valence-corrected chi connectivity index (χ3v) is 5.97. The molecule has 0 saturated heterocycles. The van der Waals surface area contributed by atoms with Crippen LogP contribution in [0.5, 0.6) is 11.5 Å². The number of fused-ring (bicyclic) bond motifs is 1. The summed E-state index contributed by atoms with van der Waals surface area (Å²) >= 11 is 0. The number of hydrogen-bond acceptors (Lipinski definition) is 5. The predicted molar refractivity (Wildman–Crippen MR) is 124 cm³/mol. The smallest absolute Gasteiger partial charge is 0.258 e. The summed E-state index contributed by atoms with van der Waals surface area (Å²) < 4.78 is 17.2. The molecule has 32 heavy (non-hydrogen) atoms. The zero-order chi connectivity index (χ0) is 22.7. The summed E-state index contributed by atoms with van der Waals surface area (Å²) in [6, 6.07) is 11.2. The largest absolute Gasteiger partial charge is 0.497 e. The molecule has 0 atom stereocenters.